The van der Waals surface area contributed by atoms with E-state index < -0.39 is 16.2 Å². The maximum atomic E-state index is 12.8. The van der Waals surface area contributed by atoms with Crippen LogP contribution in [0, 0.1) is 6.92 Å². The van der Waals surface area contributed by atoms with Gasteiger partial charge in [0.05, 0.1) is 12.0 Å². The number of rotatable bonds is 9. The number of carbonyl (C=O) groups excluding carboxylic acids is 2. The number of allylic oxidation sites excluding steroid dienone is 1. The average Bonchev–Trinajstić information content (AvgIpc) is 2.59. The van der Waals surface area contributed by atoms with E-state index in [-0.39, 0.29) is 30.4 Å². The Morgan fingerprint density at radius 2 is 1.69 bits per heavy atom. The van der Waals surface area contributed by atoms with Crippen molar-refractivity contribution in [2.45, 2.75) is 18.7 Å². The van der Waals surface area contributed by atoms with Crippen LogP contribution in [0.5, 0.6) is 0 Å². The molecule has 0 aromatic heterocycles. The molecule has 1 aromatic carbocycles. The molecule has 1 rings (SSSR count). The topological polar surface area (TPSA) is 90.0 Å². The summed E-state index contributed by atoms with van der Waals surface area (Å²) >= 11 is 0. The Morgan fingerprint density at radius 1 is 1.08 bits per heavy atom. The molecule has 0 radical (unpaired) electrons. The second-order valence-corrected chi connectivity index (χ2v) is 7.32. The SMILES string of the molecule is COC(=O)OC/C=C\CN(C/C=C/C(C)=O)S(=O)(=O)c1ccc(C)cc1. The summed E-state index contributed by atoms with van der Waals surface area (Å²) in [5, 5.41) is 0. The summed E-state index contributed by atoms with van der Waals surface area (Å²) in [4.78, 5) is 22.1. The predicted molar refractivity (Wildman–Crippen MR) is 97.3 cm³/mol. The van der Waals surface area contributed by atoms with Crippen LogP contribution in [0.15, 0.2) is 53.5 Å². The quantitative estimate of drug-likeness (QED) is 0.371. The third-order valence-electron chi connectivity index (χ3n) is 3.26. The number of aryl methyl sites for hydroxylation is 1. The summed E-state index contributed by atoms with van der Waals surface area (Å²) < 4.78 is 35.9. The van der Waals surface area contributed by atoms with Gasteiger partial charge in [-0.25, -0.2) is 13.2 Å². The Labute approximate surface area is 154 Å². The van der Waals surface area contributed by atoms with Crippen LogP contribution in [0.2, 0.25) is 0 Å². The van der Waals surface area contributed by atoms with Crippen molar-refractivity contribution in [3.05, 3.63) is 54.1 Å². The fourth-order valence-electron chi connectivity index (χ4n) is 1.90. The van der Waals surface area contributed by atoms with Crippen LogP contribution in [0.25, 0.3) is 0 Å². The lowest BCUT2D eigenvalue weighted by Gasteiger charge is -2.19. The Morgan fingerprint density at radius 3 is 2.27 bits per heavy atom. The third kappa shape index (κ3) is 7.20. The van der Waals surface area contributed by atoms with Crippen molar-refractivity contribution in [3.8, 4) is 0 Å². The number of nitrogens with zero attached hydrogens (tertiary/aromatic N) is 1. The molecule has 0 bridgehead atoms. The summed E-state index contributed by atoms with van der Waals surface area (Å²) in [6.45, 7) is 3.32. The number of benzene rings is 1. The van der Waals surface area contributed by atoms with Gasteiger partial charge < -0.3 is 9.47 Å². The average molecular weight is 381 g/mol. The molecular formula is C18H23NO6S. The molecule has 1 aromatic rings. The van der Waals surface area contributed by atoms with E-state index in [0.717, 1.165) is 5.56 Å². The van der Waals surface area contributed by atoms with Gasteiger partial charge in [-0.05, 0) is 38.1 Å². The summed E-state index contributed by atoms with van der Waals surface area (Å²) in [7, 11) is -2.54. The van der Waals surface area contributed by atoms with Gasteiger partial charge in [-0.1, -0.05) is 29.8 Å². The first-order chi connectivity index (χ1) is 12.3. The summed E-state index contributed by atoms with van der Waals surface area (Å²) in [6, 6.07) is 6.51. The van der Waals surface area contributed by atoms with Gasteiger partial charge in [0.1, 0.15) is 6.61 Å². The molecule has 0 unspecified atom stereocenters. The van der Waals surface area contributed by atoms with Gasteiger partial charge in [0.25, 0.3) is 0 Å². The lowest BCUT2D eigenvalue weighted by molar-refractivity contribution is -0.112. The van der Waals surface area contributed by atoms with Gasteiger partial charge in [0.2, 0.25) is 10.0 Å². The van der Waals surface area contributed by atoms with Crippen LogP contribution < -0.4 is 0 Å². The molecular weight excluding hydrogens is 358 g/mol. The Hall–Kier alpha value is -2.45. The van der Waals surface area contributed by atoms with Gasteiger partial charge in [-0.3, -0.25) is 4.79 Å². The van der Waals surface area contributed by atoms with Gasteiger partial charge >= 0.3 is 6.16 Å². The molecule has 0 aliphatic carbocycles. The number of hydrogen-bond donors (Lipinski definition) is 0. The van der Waals surface area contributed by atoms with Crippen molar-refractivity contribution >= 4 is 22.0 Å². The van der Waals surface area contributed by atoms with Gasteiger partial charge in [-0.15, -0.1) is 0 Å². The molecule has 0 fully saturated rings. The highest BCUT2D eigenvalue weighted by Crippen LogP contribution is 2.16. The minimum atomic E-state index is -3.74. The van der Waals surface area contributed by atoms with E-state index >= 15 is 0 Å². The first-order valence-electron chi connectivity index (χ1n) is 7.87. The Balaban J connectivity index is 2.89. The molecule has 0 heterocycles. The molecule has 0 spiro atoms. The Bertz CT molecular complexity index is 765. The summed E-state index contributed by atoms with van der Waals surface area (Å²) in [5.41, 5.74) is 0.951. The minimum Gasteiger partial charge on any atom is -0.438 e. The summed E-state index contributed by atoms with van der Waals surface area (Å²) in [5.74, 6) is -0.167. The number of hydrogen-bond acceptors (Lipinski definition) is 6. The maximum Gasteiger partial charge on any atom is 0.508 e. The van der Waals surface area contributed by atoms with Gasteiger partial charge in [0, 0.05) is 13.1 Å². The molecule has 0 N–H and O–H groups in total. The molecule has 142 valence electrons. The monoisotopic (exact) mass is 381 g/mol. The van der Waals surface area contributed by atoms with E-state index in [1.807, 2.05) is 6.92 Å². The number of ether oxygens (including phenoxy) is 2. The van der Waals surface area contributed by atoms with E-state index in [1.165, 1.54) is 48.7 Å². The molecule has 0 saturated carbocycles. The van der Waals surface area contributed by atoms with E-state index in [2.05, 4.69) is 4.74 Å². The second kappa shape index (κ2) is 10.5. The zero-order chi connectivity index (χ0) is 19.6. The lowest BCUT2D eigenvalue weighted by atomic mass is 10.2. The van der Waals surface area contributed by atoms with Crippen LogP contribution in [0.1, 0.15) is 12.5 Å². The zero-order valence-electron chi connectivity index (χ0n) is 15.0. The first kappa shape index (κ1) is 21.6. The van der Waals surface area contributed by atoms with Crippen molar-refractivity contribution < 1.29 is 27.5 Å². The van der Waals surface area contributed by atoms with Gasteiger partial charge in [-0.2, -0.15) is 4.31 Å². The molecule has 7 nitrogen and oxygen atoms in total. The van der Waals surface area contributed by atoms with Crippen LogP contribution in [0.4, 0.5) is 4.79 Å². The van der Waals surface area contributed by atoms with E-state index in [1.54, 1.807) is 18.2 Å². The maximum absolute atomic E-state index is 12.8. The lowest BCUT2D eigenvalue weighted by Crippen LogP contribution is -2.31. The molecule has 0 amide bonds. The highest BCUT2D eigenvalue weighted by Gasteiger charge is 2.22. The van der Waals surface area contributed by atoms with Crippen molar-refractivity contribution in [1.82, 2.24) is 4.31 Å². The number of sulfonamides is 1. The van der Waals surface area contributed by atoms with Crippen LogP contribution >= 0.6 is 0 Å². The highest BCUT2D eigenvalue weighted by molar-refractivity contribution is 7.89. The van der Waals surface area contributed by atoms with E-state index in [4.69, 9.17) is 4.74 Å². The first-order valence-corrected chi connectivity index (χ1v) is 9.31. The summed E-state index contributed by atoms with van der Waals surface area (Å²) in [6.07, 6.45) is 5.08. The fourth-order valence-corrected chi connectivity index (χ4v) is 3.24. The molecule has 0 aliphatic heterocycles. The number of methoxy groups -OCH3 is 1. The zero-order valence-corrected chi connectivity index (χ0v) is 15.9. The normalized spacial score (nSPS) is 12.0. The molecule has 8 heteroatoms. The van der Waals surface area contributed by atoms with E-state index in [9.17, 15) is 18.0 Å². The van der Waals surface area contributed by atoms with Crippen molar-refractivity contribution in [2.24, 2.45) is 0 Å². The van der Waals surface area contributed by atoms with Gasteiger partial charge in [0.15, 0.2) is 5.78 Å². The minimum absolute atomic E-state index is 0.0334. The van der Waals surface area contributed by atoms with Crippen molar-refractivity contribution in [1.29, 1.82) is 0 Å². The van der Waals surface area contributed by atoms with Crippen molar-refractivity contribution in [3.63, 3.8) is 0 Å². The molecule has 0 saturated heterocycles. The highest BCUT2D eigenvalue weighted by atomic mass is 32.2. The smallest absolute Gasteiger partial charge is 0.438 e. The largest absolute Gasteiger partial charge is 0.508 e. The van der Waals surface area contributed by atoms with Crippen molar-refractivity contribution in [2.75, 3.05) is 26.8 Å². The second-order valence-electron chi connectivity index (χ2n) is 5.38. The number of ketones is 1. The van der Waals surface area contributed by atoms with E-state index in [0.29, 0.717) is 0 Å². The standard InChI is InChI=1S/C18H23NO6S/c1-15-8-10-17(11-9-15)26(22,23)19(13-6-7-16(2)20)12-4-5-14-25-18(21)24-3/h4-11H,12-14H2,1-3H3/b5-4-,7-6+. The Kier molecular flexibility index (Phi) is 8.74. The van der Waals surface area contributed by atoms with Crippen LogP contribution in [0.3, 0.4) is 0 Å². The predicted octanol–water partition coefficient (Wildman–Crippen LogP) is 2.47. The fraction of sp³-hybridized carbons (Fsp3) is 0.333. The molecule has 0 aliphatic rings. The van der Waals surface area contributed by atoms with Crippen LogP contribution in [-0.2, 0) is 24.3 Å². The third-order valence-corrected chi connectivity index (χ3v) is 5.11. The molecule has 26 heavy (non-hydrogen) atoms. The molecule has 0 atom stereocenters. The van der Waals surface area contributed by atoms with Crippen LogP contribution in [-0.4, -0.2) is 51.5 Å². The number of carbonyl (C=O) groups is 2.